The smallest absolute Gasteiger partial charge is 0.122 e. The van der Waals surface area contributed by atoms with E-state index in [9.17, 15) is 0 Å². The number of aliphatic hydroxyl groups is 1. The fourth-order valence-electron chi connectivity index (χ4n) is 2.69. The minimum atomic E-state index is 0.268. The number of hydrogen-bond donors (Lipinski definition) is 2. The molecule has 4 heteroatoms. The van der Waals surface area contributed by atoms with Crippen molar-refractivity contribution in [3.05, 3.63) is 18.2 Å². The van der Waals surface area contributed by atoms with E-state index in [0.29, 0.717) is 6.04 Å². The number of rotatable bonds is 5. The van der Waals surface area contributed by atoms with Crippen molar-refractivity contribution < 1.29 is 9.84 Å². The van der Waals surface area contributed by atoms with Gasteiger partial charge in [0.25, 0.3) is 0 Å². The van der Waals surface area contributed by atoms with E-state index >= 15 is 0 Å². The van der Waals surface area contributed by atoms with E-state index < -0.39 is 0 Å². The predicted molar refractivity (Wildman–Crippen MR) is 74.1 cm³/mol. The molecule has 0 spiro atoms. The lowest BCUT2D eigenvalue weighted by Gasteiger charge is -2.27. The second-order valence-electron chi connectivity index (χ2n) is 4.82. The van der Waals surface area contributed by atoms with Crippen LogP contribution in [0.2, 0.25) is 0 Å². The third-order valence-electron chi connectivity index (χ3n) is 3.55. The first-order chi connectivity index (χ1) is 8.74. The van der Waals surface area contributed by atoms with Gasteiger partial charge in [0.15, 0.2) is 0 Å². The molecule has 1 aromatic rings. The van der Waals surface area contributed by atoms with Crippen LogP contribution < -0.4 is 15.4 Å². The van der Waals surface area contributed by atoms with Crippen molar-refractivity contribution in [2.45, 2.75) is 31.7 Å². The Morgan fingerprint density at radius 3 is 3.00 bits per heavy atom. The van der Waals surface area contributed by atoms with Gasteiger partial charge in [-0.15, -0.1) is 0 Å². The van der Waals surface area contributed by atoms with Crippen LogP contribution in [0.25, 0.3) is 0 Å². The maximum Gasteiger partial charge on any atom is 0.122 e. The summed E-state index contributed by atoms with van der Waals surface area (Å²) in [5.74, 6) is 0.804. The molecule has 2 rings (SSSR count). The fourth-order valence-corrected chi connectivity index (χ4v) is 2.69. The average Bonchev–Trinajstić information content (AvgIpc) is 2.83. The number of aliphatic hydroxyl groups excluding tert-OH is 1. The van der Waals surface area contributed by atoms with Gasteiger partial charge in [-0.05, 0) is 31.7 Å². The molecule has 0 aromatic heterocycles. The summed E-state index contributed by atoms with van der Waals surface area (Å²) in [5.41, 5.74) is 7.77. The zero-order valence-corrected chi connectivity index (χ0v) is 10.9. The molecule has 1 aliphatic heterocycles. The summed E-state index contributed by atoms with van der Waals surface area (Å²) in [5, 5.41) is 8.95. The lowest BCUT2D eigenvalue weighted by Crippen LogP contribution is -2.29. The van der Waals surface area contributed by atoms with Gasteiger partial charge in [0.05, 0.1) is 7.11 Å². The molecular formula is C14H22N2O2. The second-order valence-corrected chi connectivity index (χ2v) is 4.82. The van der Waals surface area contributed by atoms with Crippen LogP contribution in [-0.4, -0.2) is 31.4 Å². The van der Waals surface area contributed by atoms with E-state index in [4.69, 9.17) is 15.6 Å². The number of methoxy groups -OCH3 is 1. The summed E-state index contributed by atoms with van der Waals surface area (Å²) in [6.07, 6.45) is 4.29. The van der Waals surface area contributed by atoms with Gasteiger partial charge in [-0.2, -0.15) is 0 Å². The van der Waals surface area contributed by atoms with Crippen molar-refractivity contribution in [3.63, 3.8) is 0 Å². The third kappa shape index (κ3) is 2.88. The molecule has 18 heavy (non-hydrogen) atoms. The van der Waals surface area contributed by atoms with Crippen LogP contribution in [0.15, 0.2) is 18.2 Å². The van der Waals surface area contributed by atoms with Crippen LogP contribution in [0, 0.1) is 0 Å². The van der Waals surface area contributed by atoms with Crippen molar-refractivity contribution >= 4 is 11.4 Å². The summed E-state index contributed by atoms with van der Waals surface area (Å²) in [6, 6.07) is 6.39. The molecule has 0 bridgehead atoms. The Kier molecular flexibility index (Phi) is 4.31. The van der Waals surface area contributed by atoms with Crippen LogP contribution >= 0.6 is 0 Å². The molecule has 4 nitrogen and oxygen atoms in total. The van der Waals surface area contributed by atoms with Gasteiger partial charge in [-0.3, -0.25) is 0 Å². The number of ether oxygens (including phenoxy) is 1. The fraction of sp³-hybridized carbons (Fsp3) is 0.571. The van der Waals surface area contributed by atoms with Gasteiger partial charge in [0.1, 0.15) is 5.75 Å². The van der Waals surface area contributed by atoms with E-state index in [2.05, 4.69) is 4.90 Å². The molecule has 1 saturated heterocycles. The van der Waals surface area contributed by atoms with Gasteiger partial charge in [0.2, 0.25) is 0 Å². The number of nitrogens with zero attached hydrogens (tertiary/aromatic N) is 1. The van der Waals surface area contributed by atoms with Gasteiger partial charge >= 0.3 is 0 Å². The number of nitrogens with two attached hydrogens (primary N) is 1. The molecular weight excluding hydrogens is 228 g/mol. The Balaban J connectivity index is 2.16. The van der Waals surface area contributed by atoms with Crippen molar-refractivity contribution in [1.29, 1.82) is 0 Å². The largest absolute Gasteiger partial charge is 0.497 e. The SMILES string of the molecule is COc1cc(N)cc(N2CCCC2CCCO)c1. The Labute approximate surface area is 108 Å². The summed E-state index contributed by atoms with van der Waals surface area (Å²) in [4.78, 5) is 2.38. The Morgan fingerprint density at radius 1 is 1.44 bits per heavy atom. The molecule has 3 N–H and O–H groups in total. The first-order valence-electron chi connectivity index (χ1n) is 6.56. The van der Waals surface area contributed by atoms with Crippen LogP contribution in [-0.2, 0) is 0 Å². The van der Waals surface area contributed by atoms with E-state index in [1.807, 2.05) is 18.2 Å². The van der Waals surface area contributed by atoms with Gasteiger partial charge in [-0.25, -0.2) is 0 Å². The van der Waals surface area contributed by atoms with E-state index in [1.165, 1.54) is 12.8 Å². The van der Waals surface area contributed by atoms with Gasteiger partial charge in [-0.1, -0.05) is 0 Å². The third-order valence-corrected chi connectivity index (χ3v) is 3.55. The Bertz CT molecular complexity index is 395. The normalized spacial score (nSPS) is 19.2. The number of anilines is 2. The minimum absolute atomic E-state index is 0.268. The highest BCUT2D eigenvalue weighted by molar-refractivity contribution is 5.61. The lowest BCUT2D eigenvalue weighted by atomic mass is 10.1. The monoisotopic (exact) mass is 250 g/mol. The first kappa shape index (κ1) is 13.0. The maximum atomic E-state index is 8.95. The predicted octanol–water partition coefficient (Wildman–Crippen LogP) is 2.02. The highest BCUT2D eigenvalue weighted by Crippen LogP contribution is 2.32. The van der Waals surface area contributed by atoms with Crippen molar-refractivity contribution in [1.82, 2.24) is 0 Å². The molecule has 1 fully saturated rings. The molecule has 0 saturated carbocycles. The van der Waals surface area contributed by atoms with Crippen molar-refractivity contribution in [2.75, 3.05) is 30.9 Å². The molecule has 0 amide bonds. The zero-order chi connectivity index (χ0) is 13.0. The summed E-state index contributed by atoms with van der Waals surface area (Å²) >= 11 is 0. The van der Waals surface area contributed by atoms with Crippen LogP contribution in [0.1, 0.15) is 25.7 Å². The summed E-state index contributed by atoms with van der Waals surface area (Å²) in [6.45, 7) is 1.33. The van der Waals surface area contributed by atoms with Crippen LogP contribution in [0.4, 0.5) is 11.4 Å². The second kappa shape index (κ2) is 5.96. The minimum Gasteiger partial charge on any atom is -0.497 e. The molecule has 1 atom stereocenters. The Hall–Kier alpha value is -1.42. The van der Waals surface area contributed by atoms with Gasteiger partial charge in [0, 0.05) is 42.7 Å². The summed E-state index contributed by atoms with van der Waals surface area (Å²) < 4.78 is 5.26. The zero-order valence-electron chi connectivity index (χ0n) is 10.9. The van der Waals surface area contributed by atoms with E-state index in [-0.39, 0.29) is 6.61 Å². The molecule has 0 aliphatic carbocycles. The molecule has 1 aliphatic rings. The standard InChI is InChI=1S/C14H22N2O2/c1-18-14-9-11(15)8-13(10-14)16-6-2-4-12(16)5-3-7-17/h8-10,12,17H,2-7,15H2,1H3. The van der Waals surface area contributed by atoms with Crippen LogP contribution in [0.5, 0.6) is 5.75 Å². The number of benzene rings is 1. The molecule has 1 aromatic carbocycles. The molecule has 1 heterocycles. The van der Waals surface area contributed by atoms with Crippen LogP contribution in [0.3, 0.4) is 0 Å². The van der Waals surface area contributed by atoms with Crippen molar-refractivity contribution in [2.24, 2.45) is 0 Å². The number of nitrogen functional groups attached to an aromatic ring is 1. The summed E-state index contributed by atoms with van der Waals surface area (Å²) in [7, 11) is 1.66. The molecule has 1 unspecified atom stereocenters. The molecule has 100 valence electrons. The topological polar surface area (TPSA) is 58.7 Å². The first-order valence-corrected chi connectivity index (χ1v) is 6.56. The molecule has 0 radical (unpaired) electrons. The van der Waals surface area contributed by atoms with E-state index in [1.54, 1.807) is 7.11 Å². The van der Waals surface area contributed by atoms with Gasteiger partial charge < -0.3 is 20.5 Å². The quantitative estimate of drug-likeness (QED) is 0.785. The lowest BCUT2D eigenvalue weighted by molar-refractivity contribution is 0.279. The number of hydrogen-bond acceptors (Lipinski definition) is 4. The average molecular weight is 250 g/mol. The maximum absolute atomic E-state index is 8.95. The highest BCUT2D eigenvalue weighted by Gasteiger charge is 2.24. The highest BCUT2D eigenvalue weighted by atomic mass is 16.5. The van der Waals surface area contributed by atoms with Crippen molar-refractivity contribution in [3.8, 4) is 5.75 Å². The van der Waals surface area contributed by atoms with E-state index in [0.717, 1.165) is 36.5 Å². The Morgan fingerprint density at radius 2 is 2.28 bits per heavy atom.